The number of sulfone groups is 1. The molecule has 132 valence electrons. The Morgan fingerprint density at radius 1 is 1.29 bits per heavy atom. The van der Waals surface area contributed by atoms with Crippen LogP contribution in [0.2, 0.25) is 0 Å². The first-order valence-electron chi connectivity index (χ1n) is 7.68. The summed E-state index contributed by atoms with van der Waals surface area (Å²) < 4.78 is 23.1. The molecule has 1 aromatic rings. The zero-order valence-corrected chi connectivity index (χ0v) is 14.4. The number of hydrogen-bond donors (Lipinski definition) is 4. The third kappa shape index (κ3) is 4.45. The standard InChI is InChI=1S/C15H22N4O4S/c1-3-4-12(15(20)21)13(14-16-18-19-17-14)9-10-5-7-11(8-6-10)24(2,22)23/h5-8,12-13,18-19H,3-4,9H2,1-2H3,(H,16,17)(H,20,21). The fourth-order valence-electron chi connectivity index (χ4n) is 2.75. The van der Waals surface area contributed by atoms with Gasteiger partial charge in [-0.25, -0.2) is 14.0 Å². The van der Waals surface area contributed by atoms with Crippen LogP contribution in [0, 0.1) is 11.8 Å². The van der Waals surface area contributed by atoms with Crippen LogP contribution in [-0.2, 0) is 21.1 Å². The van der Waals surface area contributed by atoms with Crippen LogP contribution in [0.1, 0.15) is 25.3 Å². The van der Waals surface area contributed by atoms with E-state index < -0.39 is 21.7 Å². The van der Waals surface area contributed by atoms with Crippen molar-refractivity contribution in [3.05, 3.63) is 29.8 Å². The van der Waals surface area contributed by atoms with Crippen molar-refractivity contribution in [3.63, 3.8) is 0 Å². The molecule has 8 nitrogen and oxygen atoms in total. The number of aliphatic carboxylic acids is 1. The van der Waals surface area contributed by atoms with Gasteiger partial charge >= 0.3 is 5.97 Å². The summed E-state index contributed by atoms with van der Waals surface area (Å²) in [6, 6.07) is 6.50. The van der Waals surface area contributed by atoms with Crippen LogP contribution in [0.3, 0.4) is 0 Å². The minimum absolute atomic E-state index is 0.241. The Balaban J connectivity index is 2.26. The predicted molar refractivity (Wildman–Crippen MR) is 89.6 cm³/mol. The van der Waals surface area contributed by atoms with E-state index in [-0.39, 0.29) is 10.8 Å². The smallest absolute Gasteiger partial charge is 0.307 e. The van der Waals surface area contributed by atoms with E-state index in [1.54, 1.807) is 12.1 Å². The van der Waals surface area contributed by atoms with Crippen molar-refractivity contribution in [2.24, 2.45) is 16.9 Å². The number of nitrogens with zero attached hydrogens (tertiary/aromatic N) is 1. The molecule has 0 aromatic heterocycles. The minimum atomic E-state index is -3.25. The zero-order chi connectivity index (χ0) is 17.7. The van der Waals surface area contributed by atoms with Crippen molar-refractivity contribution in [2.45, 2.75) is 31.1 Å². The molecule has 24 heavy (non-hydrogen) atoms. The summed E-state index contributed by atoms with van der Waals surface area (Å²) in [5.41, 5.74) is 8.87. The molecule has 4 N–H and O–H groups in total. The number of hydrogen-bond acceptors (Lipinski definition) is 7. The predicted octanol–water partition coefficient (Wildman–Crippen LogP) is 0.676. The molecule has 0 saturated heterocycles. The summed E-state index contributed by atoms with van der Waals surface area (Å²) in [5.74, 6) is -1.28. The van der Waals surface area contributed by atoms with Crippen molar-refractivity contribution in [2.75, 3.05) is 6.26 Å². The summed E-state index contributed by atoms with van der Waals surface area (Å²) in [6.45, 7) is 1.94. The lowest BCUT2D eigenvalue weighted by atomic mass is 9.83. The Hall–Kier alpha value is -2.13. The van der Waals surface area contributed by atoms with Gasteiger partial charge in [0.1, 0.15) is 5.84 Å². The topological polar surface area (TPSA) is 120 Å². The van der Waals surface area contributed by atoms with Gasteiger partial charge in [-0.2, -0.15) is 0 Å². The average molecular weight is 354 g/mol. The number of carbonyl (C=O) groups is 1. The van der Waals surface area contributed by atoms with Gasteiger partial charge in [0.2, 0.25) is 0 Å². The fourth-order valence-corrected chi connectivity index (χ4v) is 3.38. The number of rotatable bonds is 8. The third-order valence-electron chi connectivity index (χ3n) is 3.98. The summed E-state index contributed by atoms with van der Waals surface area (Å²) >= 11 is 0. The Morgan fingerprint density at radius 2 is 1.96 bits per heavy atom. The average Bonchev–Trinajstić information content (AvgIpc) is 3.04. The SMILES string of the molecule is CCCC(C(=O)O)C(Cc1ccc(S(C)(=O)=O)cc1)C1=NNNN1. The molecule has 1 heterocycles. The molecule has 0 fully saturated rings. The molecule has 0 spiro atoms. The molecule has 0 saturated carbocycles. The van der Waals surface area contributed by atoms with Crippen LogP contribution in [0.5, 0.6) is 0 Å². The molecule has 2 unspecified atom stereocenters. The first kappa shape index (κ1) is 18.2. The van der Waals surface area contributed by atoms with E-state index in [4.69, 9.17) is 0 Å². The minimum Gasteiger partial charge on any atom is -0.481 e. The van der Waals surface area contributed by atoms with Gasteiger partial charge in [0, 0.05) is 12.2 Å². The number of carboxylic acid groups (broad SMARTS) is 1. The van der Waals surface area contributed by atoms with Gasteiger partial charge in [0.15, 0.2) is 9.84 Å². The highest BCUT2D eigenvalue weighted by molar-refractivity contribution is 7.90. The van der Waals surface area contributed by atoms with Crippen molar-refractivity contribution >= 4 is 21.6 Å². The van der Waals surface area contributed by atoms with Gasteiger partial charge in [-0.05, 0) is 30.5 Å². The lowest BCUT2D eigenvalue weighted by Crippen LogP contribution is -2.42. The van der Waals surface area contributed by atoms with Crippen LogP contribution in [0.25, 0.3) is 0 Å². The third-order valence-corrected chi connectivity index (χ3v) is 5.11. The summed E-state index contributed by atoms with van der Waals surface area (Å²) in [5, 5.41) is 13.6. The van der Waals surface area contributed by atoms with Crippen molar-refractivity contribution in [1.29, 1.82) is 0 Å². The van der Waals surface area contributed by atoms with E-state index >= 15 is 0 Å². The lowest BCUT2D eigenvalue weighted by Gasteiger charge is -2.23. The van der Waals surface area contributed by atoms with Crippen LogP contribution >= 0.6 is 0 Å². The molecule has 0 bridgehead atoms. The number of hydrazine groups is 2. The molecular formula is C15H22N4O4S. The maximum absolute atomic E-state index is 11.7. The molecule has 2 rings (SSSR count). The van der Waals surface area contributed by atoms with Crippen molar-refractivity contribution in [1.82, 2.24) is 16.5 Å². The number of nitrogens with one attached hydrogen (secondary N) is 3. The second kappa shape index (κ2) is 7.63. The Bertz CT molecular complexity index is 715. The monoisotopic (exact) mass is 354 g/mol. The zero-order valence-electron chi connectivity index (χ0n) is 13.6. The molecule has 9 heteroatoms. The van der Waals surface area contributed by atoms with Gasteiger partial charge in [0.05, 0.1) is 10.8 Å². The second-order valence-corrected chi connectivity index (χ2v) is 7.83. The van der Waals surface area contributed by atoms with Gasteiger partial charge < -0.3 is 5.11 Å². The molecular weight excluding hydrogens is 332 g/mol. The Kier molecular flexibility index (Phi) is 5.79. The van der Waals surface area contributed by atoms with Gasteiger partial charge in [0.25, 0.3) is 0 Å². The second-order valence-electron chi connectivity index (χ2n) is 5.82. The first-order valence-corrected chi connectivity index (χ1v) is 9.57. The normalized spacial score (nSPS) is 16.7. The molecule has 1 aromatic carbocycles. The highest BCUT2D eigenvalue weighted by Crippen LogP contribution is 2.25. The van der Waals surface area contributed by atoms with E-state index in [2.05, 4.69) is 21.6 Å². The quantitative estimate of drug-likeness (QED) is 0.542. The maximum Gasteiger partial charge on any atom is 0.307 e. The van der Waals surface area contributed by atoms with E-state index in [1.165, 1.54) is 12.1 Å². The Morgan fingerprint density at radius 3 is 2.42 bits per heavy atom. The van der Waals surface area contributed by atoms with Gasteiger partial charge in [-0.3, -0.25) is 10.2 Å². The number of hydrazone groups is 1. The molecule has 1 aliphatic heterocycles. The van der Waals surface area contributed by atoms with Crippen LogP contribution in [0.4, 0.5) is 0 Å². The number of carboxylic acids is 1. The largest absolute Gasteiger partial charge is 0.481 e. The molecule has 2 atom stereocenters. The first-order chi connectivity index (χ1) is 11.3. The van der Waals surface area contributed by atoms with Gasteiger partial charge in [-0.15, -0.1) is 10.6 Å². The number of amidine groups is 1. The van der Waals surface area contributed by atoms with Crippen LogP contribution in [0.15, 0.2) is 34.3 Å². The van der Waals surface area contributed by atoms with Crippen LogP contribution < -0.4 is 16.5 Å². The maximum atomic E-state index is 11.7. The van der Waals surface area contributed by atoms with E-state index in [1.807, 2.05) is 6.92 Å². The van der Waals surface area contributed by atoms with E-state index in [9.17, 15) is 18.3 Å². The fraction of sp³-hybridized carbons (Fsp3) is 0.467. The van der Waals surface area contributed by atoms with Crippen molar-refractivity contribution < 1.29 is 18.3 Å². The highest BCUT2D eigenvalue weighted by Gasteiger charge is 2.33. The Labute approximate surface area is 141 Å². The summed E-state index contributed by atoms with van der Waals surface area (Å²) in [7, 11) is -3.25. The number of benzene rings is 1. The molecule has 0 aliphatic carbocycles. The van der Waals surface area contributed by atoms with Crippen molar-refractivity contribution in [3.8, 4) is 0 Å². The van der Waals surface area contributed by atoms with Gasteiger partial charge in [-0.1, -0.05) is 25.5 Å². The molecule has 1 aliphatic rings. The highest BCUT2D eigenvalue weighted by atomic mass is 32.2. The summed E-state index contributed by atoms with van der Waals surface area (Å²) in [4.78, 5) is 11.9. The summed E-state index contributed by atoms with van der Waals surface area (Å²) in [6.07, 6.45) is 2.87. The molecule has 0 radical (unpaired) electrons. The lowest BCUT2D eigenvalue weighted by molar-refractivity contribution is -0.143. The van der Waals surface area contributed by atoms with E-state index in [0.717, 1.165) is 18.2 Å². The van der Waals surface area contributed by atoms with Crippen LogP contribution in [-0.4, -0.2) is 31.6 Å². The molecule has 0 amide bonds. The van der Waals surface area contributed by atoms with E-state index in [0.29, 0.717) is 18.7 Å².